The quantitative estimate of drug-likeness (QED) is 0.560. The smallest absolute Gasteiger partial charge is 0.276 e. The Balaban J connectivity index is 1.38. The summed E-state index contributed by atoms with van der Waals surface area (Å²) in [6.45, 7) is 2.05. The highest BCUT2D eigenvalue weighted by atomic mass is 16.5. The van der Waals surface area contributed by atoms with Gasteiger partial charge in [0.25, 0.3) is 5.91 Å². The lowest BCUT2D eigenvalue weighted by atomic mass is 9.81. The number of carbonyl (C=O) groups is 2. The first-order valence-electron chi connectivity index (χ1n) is 10.8. The highest BCUT2D eigenvalue weighted by Crippen LogP contribution is 2.47. The van der Waals surface area contributed by atoms with Gasteiger partial charge in [-0.05, 0) is 36.6 Å². The number of fused-ring (bicyclic) bond motifs is 2. The zero-order chi connectivity index (χ0) is 22.1. The number of likely N-dealkylation sites (tertiary alicyclic amines) is 1. The van der Waals surface area contributed by atoms with Gasteiger partial charge < -0.3 is 14.5 Å². The second-order valence-electron chi connectivity index (χ2n) is 8.26. The monoisotopic (exact) mass is 431 g/mol. The molecule has 1 spiro atoms. The number of anilines is 1. The van der Waals surface area contributed by atoms with Crippen LogP contribution in [0, 0.1) is 0 Å². The van der Waals surface area contributed by atoms with Crippen LogP contribution < -0.4 is 4.90 Å². The molecule has 1 fully saturated rings. The predicted molar refractivity (Wildman–Crippen MR) is 119 cm³/mol. The summed E-state index contributed by atoms with van der Waals surface area (Å²) in [5.74, 6) is -0.134. The zero-order valence-electron chi connectivity index (χ0n) is 18.0. The van der Waals surface area contributed by atoms with E-state index >= 15 is 0 Å². The van der Waals surface area contributed by atoms with Crippen molar-refractivity contribution in [2.24, 2.45) is 0 Å². The van der Waals surface area contributed by atoms with Crippen LogP contribution in [0.4, 0.5) is 5.69 Å². The summed E-state index contributed by atoms with van der Waals surface area (Å²) in [6.07, 6.45) is 3.00. The maximum atomic E-state index is 13.6. The maximum Gasteiger partial charge on any atom is 0.276 e. The molecule has 0 radical (unpaired) electrons. The first kappa shape index (κ1) is 20.4. The minimum Gasteiger partial charge on any atom is -0.385 e. The van der Waals surface area contributed by atoms with E-state index < -0.39 is 5.41 Å². The lowest BCUT2D eigenvalue weighted by molar-refractivity contribution is -0.122. The fourth-order valence-electron chi connectivity index (χ4n) is 4.79. The number of nitrogens with zero attached hydrogens (tertiary/aromatic N) is 5. The average Bonchev–Trinajstić information content (AvgIpc) is 3.55. The SMILES string of the molecule is COCCCN1C(=O)C2(CCN(C(=O)c3cn(-c4ccccc4)nn3)C2)c2ccccc21. The molecule has 1 aromatic heterocycles. The Bertz CT molecular complexity index is 1150. The predicted octanol–water partition coefficient (Wildman–Crippen LogP) is 2.43. The molecule has 8 heteroatoms. The number of para-hydroxylation sites is 2. The number of amides is 2. The molecule has 2 amide bonds. The molecule has 3 aromatic rings. The van der Waals surface area contributed by atoms with Crippen molar-refractivity contribution in [1.29, 1.82) is 0 Å². The summed E-state index contributed by atoms with van der Waals surface area (Å²) >= 11 is 0. The second-order valence-corrected chi connectivity index (χ2v) is 8.26. The van der Waals surface area contributed by atoms with Gasteiger partial charge >= 0.3 is 0 Å². The van der Waals surface area contributed by atoms with E-state index in [2.05, 4.69) is 10.3 Å². The largest absolute Gasteiger partial charge is 0.385 e. The van der Waals surface area contributed by atoms with Crippen LogP contribution in [0.3, 0.4) is 0 Å². The summed E-state index contributed by atoms with van der Waals surface area (Å²) in [4.78, 5) is 30.4. The number of methoxy groups -OCH3 is 1. The van der Waals surface area contributed by atoms with E-state index in [4.69, 9.17) is 4.74 Å². The molecule has 0 saturated carbocycles. The van der Waals surface area contributed by atoms with Crippen molar-refractivity contribution in [3.8, 4) is 5.69 Å². The fraction of sp³-hybridized carbons (Fsp3) is 0.333. The van der Waals surface area contributed by atoms with Gasteiger partial charge in [0.2, 0.25) is 5.91 Å². The molecule has 3 heterocycles. The van der Waals surface area contributed by atoms with Crippen molar-refractivity contribution >= 4 is 17.5 Å². The van der Waals surface area contributed by atoms with Crippen LogP contribution in [0.1, 0.15) is 28.9 Å². The Kier molecular flexibility index (Phi) is 5.22. The molecule has 0 aliphatic carbocycles. The van der Waals surface area contributed by atoms with Crippen molar-refractivity contribution in [2.75, 3.05) is 38.3 Å². The highest BCUT2D eigenvalue weighted by Gasteiger charge is 2.55. The first-order valence-corrected chi connectivity index (χ1v) is 10.8. The summed E-state index contributed by atoms with van der Waals surface area (Å²) < 4.78 is 6.76. The Morgan fingerprint density at radius 1 is 1.12 bits per heavy atom. The van der Waals surface area contributed by atoms with Crippen molar-refractivity contribution in [3.05, 3.63) is 72.1 Å². The molecule has 8 nitrogen and oxygen atoms in total. The van der Waals surface area contributed by atoms with Crippen LogP contribution in [-0.4, -0.2) is 65.1 Å². The zero-order valence-corrected chi connectivity index (χ0v) is 18.0. The summed E-state index contributed by atoms with van der Waals surface area (Å²) in [7, 11) is 1.66. The van der Waals surface area contributed by atoms with Gasteiger partial charge in [-0.15, -0.1) is 5.10 Å². The Morgan fingerprint density at radius 2 is 1.91 bits per heavy atom. The third-order valence-electron chi connectivity index (χ3n) is 6.38. The third-order valence-corrected chi connectivity index (χ3v) is 6.38. The van der Waals surface area contributed by atoms with Crippen LogP contribution in [0.25, 0.3) is 5.69 Å². The summed E-state index contributed by atoms with van der Waals surface area (Å²) in [5.41, 5.74) is 2.36. The Labute approximate surface area is 186 Å². The molecule has 32 heavy (non-hydrogen) atoms. The van der Waals surface area contributed by atoms with Crippen LogP contribution in [0.15, 0.2) is 60.8 Å². The summed E-state index contributed by atoms with van der Waals surface area (Å²) in [5, 5.41) is 8.20. The van der Waals surface area contributed by atoms with Gasteiger partial charge in [0.15, 0.2) is 5.69 Å². The number of rotatable bonds is 6. The number of benzene rings is 2. The maximum absolute atomic E-state index is 13.6. The highest BCUT2D eigenvalue weighted by molar-refractivity contribution is 6.09. The van der Waals surface area contributed by atoms with Gasteiger partial charge in [0.05, 0.1) is 17.3 Å². The molecule has 1 saturated heterocycles. The van der Waals surface area contributed by atoms with Gasteiger partial charge in [-0.3, -0.25) is 9.59 Å². The second kappa shape index (κ2) is 8.20. The van der Waals surface area contributed by atoms with E-state index in [0.717, 1.165) is 23.4 Å². The van der Waals surface area contributed by atoms with Crippen LogP contribution >= 0.6 is 0 Å². The van der Waals surface area contributed by atoms with Gasteiger partial charge in [-0.25, -0.2) is 4.68 Å². The van der Waals surface area contributed by atoms with Crippen molar-refractivity contribution in [2.45, 2.75) is 18.3 Å². The molecule has 2 aliphatic rings. The molecule has 164 valence electrons. The minimum absolute atomic E-state index is 0.0676. The number of hydrogen-bond acceptors (Lipinski definition) is 5. The number of ether oxygens (including phenoxy) is 1. The lowest BCUT2D eigenvalue weighted by Gasteiger charge is -2.24. The Morgan fingerprint density at radius 3 is 2.72 bits per heavy atom. The van der Waals surface area contributed by atoms with E-state index in [9.17, 15) is 9.59 Å². The van der Waals surface area contributed by atoms with Gasteiger partial charge in [0.1, 0.15) is 0 Å². The topological polar surface area (TPSA) is 80.6 Å². The minimum atomic E-state index is -0.700. The van der Waals surface area contributed by atoms with Crippen LogP contribution in [0.2, 0.25) is 0 Å². The van der Waals surface area contributed by atoms with Crippen molar-refractivity contribution < 1.29 is 14.3 Å². The normalized spacial score (nSPS) is 19.7. The number of hydrogen-bond donors (Lipinski definition) is 0. The molecular formula is C24H25N5O3. The van der Waals surface area contributed by atoms with E-state index in [1.54, 1.807) is 22.9 Å². The van der Waals surface area contributed by atoms with E-state index in [0.29, 0.717) is 32.7 Å². The Hall–Kier alpha value is -3.52. The standard InChI is InChI=1S/C24H25N5O3/c1-32-15-7-13-28-21-11-6-5-10-19(21)24(23(28)31)12-14-27(17-24)22(30)20-16-29(26-25-20)18-8-3-2-4-9-18/h2-6,8-11,16H,7,12-15,17H2,1H3. The first-order chi connectivity index (χ1) is 15.6. The number of aromatic nitrogens is 3. The van der Waals surface area contributed by atoms with E-state index in [-0.39, 0.29) is 17.5 Å². The number of carbonyl (C=O) groups excluding carboxylic acids is 2. The molecular weight excluding hydrogens is 406 g/mol. The molecule has 0 N–H and O–H groups in total. The van der Waals surface area contributed by atoms with Crippen LogP contribution in [-0.2, 0) is 14.9 Å². The molecule has 1 unspecified atom stereocenters. The van der Waals surface area contributed by atoms with E-state index in [1.165, 1.54) is 0 Å². The molecule has 0 bridgehead atoms. The molecule has 2 aromatic carbocycles. The lowest BCUT2D eigenvalue weighted by Crippen LogP contribution is -2.43. The molecule has 1 atom stereocenters. The average molecular weight is 431 g/mol. The van der Waals surface area contributed by atoms with Gasteiger partial charge in [-0.2, -0.15) is 0 Å². The van der Waals surface area contributed by atoms with Gasteiger partial charge in [0, 0.05) is 39.0 Å². The summed E-state index contributed by atoms with van der Waals surface area (Å²) in [6, 6.07) is 17.5. The van der Waals surface area contributed by atoms with Gasteiger partial charge in [-0.1, -0.05) is 41.6 Å². The van der Waals surface area contributed by atoms with Crippen LogP contribution in [0.5, 0.6) is 0 Å². The van der Waals surface area contributed by atoms with E-state index in [1.807, 2.05) is 59.5 Å². The fourth-order valence-corrected chi connectivity index (χ4v) is 4.79. The molecule has 2 aliphatic heterocycles. The van der Waals surface area contributed by atoms with Crippen molar-refractivity contribution in [3.63, 3.8) is 0 Å². The third kappa shape index (κ3) is 3.27. The molecule has 5 rings (SSSR count). The van der Waals surface area contributed by atoms with Crippen molar-refractivity contribution in [1.82, 2.24) is 19.9 Å².